The highest BCUT2D eigenvalue weighted by Crippen LogP contribution is 2.33. The molecule has 0 aliphatic heterocycles. The molecule has 196 valence electrons. The van der Waals surface area contributed by atoms with Crippen molar-refractivity contribution in [1.29, 1.82) is 0 Å². The lowest BCUT2D eigenvalue weighted by atomic mass is 9.78. The van der Waals surface area contributed by atoms with Crippen LogP contribution in [0, 0.1) is 20.8 Å². The van der Waals surface area contributed by atoms with E-state index in [0.717, 1.165) is 22.2 Å². The average Bonchev–Trinajstić information content (AvgIpc) is 2.82. The zero-order valence-electron chi connectivity index (χ0n) is 24.2. The lowest BCUT2D eigenvalue weighted by Gasteiger charge is -2.22. The normalized spacial score (nSPS) is 11.9. The highest BCUT2D eigenvalue weighted by molar-refractivity contribution is 6.50. The minimum absolute atomic E-state index is 0.0243. The second kappa shape index (κ2) is 10.3. The van der Waals surface area contributed by atoms with Gasteiger partial charge in [0.05, 0.1) is 0 Å². The van der Waals surface area contributed by atoms with Gasteiger partial charge in [-0.15, -0.1) is 0 Å². The maximum Gasteiger partial charge on any atom is 0.374 e. The second-order valence-corrected chi connectivity index (χ2v) is 12.4. The van der Waals surface area contributed by atoms with Crippen molar-refractivity contribution < 1.29 is 9.76 Å². The first-order valence-electron chi connectivity index (χ1n) is 13.2. The molecule has 1 heterocycles. The summed E-state index contributed by atoms with van der Waals surface area (Å²) in [7, 11) is 0.294. The first kappa shape index (κ1) is 27.4. The van der Waals surface area contributed by atoms with Crippen LogP contribution in [0.3, 0.4) is 0 Å². The van der Waals surface area contributed by atoms with E-state index in [4.69, 9.17) is 14.6 Å². The van der Waals surface area contributed by atoms with Crippen molar-refractivity contribution in [3.05, 3.63) is 88.7 Å². The molecular weight excluding hydrogens is 467 g/mol. The van der Waals surface area contributed by atoms with Crippen molar-refractivity contribution in [1.82, 2.24) is 9.97 Å². The molecule has 0 fully saturated rings. The molecule has 4 aromatic rings. The Morgan fingerprint density at radius 1 is 0.737 bits per heavy atom. The summed E-state index contributed by atoms with van der Waals surface area (Å²) in [6.07, 6.45) is 3.83. The van der Waals surface area contributed by atoms with E-state index in [1.165, 1.54) is 27.8 Å². The molecule has 0 aliphatic rings. The van der Waals surface area contributed by atoms with Gasteiger partial charge in [0.1, 0.15) is 5.75 Å². The number of hydrogen-bond acceptors (Lipinski definition) is 4. The number of rotatable bonds is 5. The van der Waals surface area contributed by atoms with Gasteiger partial charge < -0.3 is 9.76 Å². The summed E-state index contributed by atoms with van der Waals surface area (Å²) in [4.78, 5) is 9.63. The number of benzene rings is 3. The number of aromatic nitrogens is 2. The van der Waals surface area contributed by atoms with Gasteiger partial charge in [0.25, 0.3) is 0 Å². The van der Waals surface area contributed by atoms with E-state index in [1.54, 1.807) is 6.07 Å². The predicted octanol–water partition coefficient (Wildman–Crippen LogP) is 7.09. The Kier molecular flexibility index (Phi) is 7.43. The molecule has 0 spiro atoms. The maximum atomic E-state index is 10.5. The summed E-state index contributed by atoms with van der Waals surface area (Å²) in [5, 5.41) is 10.5. The standard InChI is InChI=1S/C33H39BN2O2/c1-20-14-21(2)30(22(3)15-20)23-18-35-31(36-19-23)26-16-24(32(4,5)6)10-12-27(26)34-38-29-17-25(33(7,8)9)11-13-28(29)37/h10-19,34,37H,1-9H3. The van der Waals surface area contributed by atoms with Crippen LogP contribution in [0.15, 0.2) is 60.9 Å². The van der Waals surface area contributed by atoms with Crippen LogP contribution in [-0.2, 0) is 10.8 Å². The molecule has 38 heavy (non-hydrogen) atoms. The monoisotopic (exact) mass is 506 g/mol. The molecule has 5 heteroatoms. The number of phenolic OH excluding ortho intramolecular Hbond substituents is 1. The Hall–Kier alpha value is -3.60. The highest BCUT2D eigenvalue weighted by Gasteiger charge is 2.20. The predicted molar refractivity (Wildman–Crippen MR) is 160 cm³/mol. The third-order valence-electron chi connectivity index (χ3n) is 7.04. The molecule has 0 radical (unpaired) electrons. The van der Waals surface area contributed by atoms with Gasteiger partial charge in [0.15, 0.2) is 11.6 Å². The van der Waals surface area contributed by atoms with Gasteiger partial charge in [-0.1, -0.05) is 77.4 Å². The largest absolute Gasteiger partial charge is 0.557 e. The zero-order valence-corrected chi connectivity index (χ0v) is 24.2. The number of aryl methyl sites for hydroxylation is 3. The lowest BCUT2D eigenvalue weighted by Crippen LogP contribution is -2.25. The molecule has 0 aliphatic carbocycles. The van der Waals surface area contributed by atoms with E-state index in [9.17, 15) is 5.11 Å². The van der Waals surface area contributed by atoms with Gasteiger partial charge in [-0.2, -0.15) is 0 Å². The number of nitrogens with zero attached hydrogens (tertiary/aromatic N) is 2. The lowest BCUT2D eigenvalue weighted by molar-refractivity contribution is 0.442. The molecular formula is C33H39BN2O2. The van der Waals surface area contributed by atoms with Crippen LogP contribution in [0.1, 0.15) is 69.4 Å². The van der Waals surface area contributed by atoms with Crippen molar-refractivity contribution in [3.8, 4) is 34.0 Å². The fourth-order valence-corrected chi connectivity index (χ4v) is 4.86. The first-order valence-corrected chi connectivity index (χ1v) is 13.2. The Morgan fingerprint density at radius 2 is 1.29 bits per heavy atom. The summed E-state index contributed by atoms with van der Waals surface area (Å²) in [5.41, 5.74) is 10.0. The quantitative estimate of drug-likeness (QED) is 0.294. The first-order chi connectivity index (χ1) is 17.7. The summed E-state index contributed by atoms with van der Waals surface area (Å²) < 4.78 is 6.18. The third kappa shape index (κ3) is 5.93. The Labute approximate surface area is 228 Å². The SMILES string of the molecule is Cc1cc(C)c(-c2cnc(-c3cc(C(C)(C)C)ccc3BOc3cc(C(C)(C)C)ccc3O)nc2)c(C)c1. The van der Waals surface area contributed by atoms with Gasteiger partial charge in [-0.25, -0.2) is 9.97 Å². The fraction of sp³-hybridized carbons (Fsp3) is 0.333. The van der Waals surface area contributed by atoms with E-state index in [-0.39, 0.29) is 16.6 Å². The van der Waals surface area contributed by atoms with E-state index in [1.807, 2.05) is 24.5 Å². The molecule has 1 aromatic heterocycles. The van der Waals surface area contributed by atoms with E-state index < -0.39 is 0 Å². The van der Waals surface area contributed by atoms with Crippen LogP contribution < -0.4 is 10.1 Å². The average molecular weight is 506 g/mol. The van der Waals surface area contributed by atoms with Crippen LogP contribution in [0.5, 0.6) is 11.5 Å². The van der Waals surface area contributed by atoms with Crippen molar-refractivity contribution in [2.75, 3.05) is 0 Å². The van der Waals surface area contributed by atoms with Crippen LogP contribution in [0.4, 0.5) is 0 Å². The second-order valence-electron chi connectivity index (χ2n) is 12.4. The Bertz CT molecular complexity index is 1440. The molecule has 4 rings (SSSR count). The minimum atomic E-state index is -0.0466. The third-order valence-corrected chi connectivity index (χ3v) is 7.04. The summed E-state index contributed by atoms with van der Waals surface area (Å²) in [6.45, 7) is 19.4. The summed E-state index contributed by atoms with van der Waals surface area (Å²) >= 11 is 0. The van der Waals surface area contributed by atoms with Crippen LogP contribution >= 0.6 is 0 Å². The van der Waals surface area contributed by atoms with E-state index in [0.29, 0.717) is 19.1 Å². The molecule has 0 saturated heterocycles. The molecule has 0 amide bonds. The Balaban J connectivity index is 1.71. The maximum absolute atomic E-state index is 10.5. The van der Waals surface area contributed by atoms with Gasteiger partial charge in [-0.05, 0) is 83.1 Å². The van der Waals surface area contributed by atoms with E-state index in [2.05, 4.69) is 92.6 Å². The molecule has 4 nitrogen and oxygen atoms in total. The van der Waals surface area contributed by atoms with Crippen LogP contribution in [0.25, 0.3) is 22.5 Å². The molecule has 0 atom stereocenters. The number of phenols is 1. The van der Waals surface area contributed by atoms with Crippen molar-refractivity contribution in [2.24, 2.45) is 0 Å². The van der Waals surface area contributed by atoms with Gasteiger partial charge in [-0.3, -0.25) is 0 Å². The number of aromatic hydroxyl groups is 1. The number of hydrogen-bond donors (Lipinski definition) is 1. The minimum Gasteiger partial charge on any atom is -0.557 e. The molecule has 0 bridgehead atoms. The van der Waals surface area contributed by atoms with Crippen molar-refractivity contribution >= 4 is 12.9 Å². The highest BCUT2D eigenvalue weighted by atomic mass is 16.4. The van der Waals surface area contributed by atoms with Crippen LogP contribution in [-0.4, -0.2) is 22.6 Å². The topological polar surface area (TPSA) is 55.2 Å². The molecule has 0 unspecified atom stereocenters. The van der Waals surface area contributed by atoms with Gasteiger partial charge in [0.2, 0.25) is 0 Å². The summed E-state index contributed by atoms with van der Waals surface area (Å²) in [5.74, 6) is 1.27. The van der Waals surface area contributed by atoms with E-state index >= 15 is 0 Å². The molecule has 1 N–H and O–H groups in total. The molecule has 3 aromatic carbocycles. The summed E-state index contributed by atoms with van der Waals surface area (Å²) in [6, 6.07) is 16.4. The van der Waals surface area contributed by atoms with Crippen molar-refractivity contribution in [3.63, 3.8) is 0 Å². The van der Waals surface area contributed by atoms with Gasteiger partial charge in [0, 0.05) is 23.5 Å². The molecule has 0 saturated carbocycles. The Morgan fingerprint density at radius 3 is 1.87 bits per heavy atom. The van der Waals surface area contributed by atoms with Crippen molar-refractivity contribution in [2.45, 2.75) is 73.1 Å². The smallest absolute Gasteiger partial charge is 0.374 e. The zero-order chi connectivity index (χ0) is 27.8. The van der Waals surface area contributed by atoms with Gasteiger partial charge >= 0.3 is 7.48 Å². The van der Waals surface area contributed by atoms with Crippen LogP contribution in [0.2, 0.25) is 0 Å². The fourth-order valence-electron chi connectivity index (χ4n) is 4.86.